The Hall–Kier alpha value is -5.06. The molecule has 4 aromatic carbocycles. The molecule has 0 aliphatic heterocycles. The smallest absolute Gasteiger partial charge is 0.357 e. The van der Waals surface area contributed by atoms with Gasteiger partial charge in [0.05, 0.1) is 35.1 Å². The molecule has 230 valence electrons. The molecular formula is C36H30N4O4S2. The molecule has 8 nitrogen and oxygen atoms in total. The number of aryl methyl sites for hydroxylation is 1. The number of carbonyl (C=O) groups excluding carboxylic acids is 1. The van der Waals surface area contributed by atoms with E-state index in [1.54, 1.807) is 23.7 Å². The number of carbonyl (C=O) groups is 1. The Morgan fingerprint density at radius 3 is 2.33 bits per heavy atom. The van der Waals surface area contributed by atoms with Crippen LogP contribution in [0, 0.1) is 0 Å². The Morgan fingerprint density at radius 2 is 1.59 bits per heavy atom. The van der Waals surface area contributed by atoms with Crippen LogP contribution in [0.5, 0.6) is 0 Å². The molecule has 0 bridgehead atoms. The third-order valence-corrected chi connectivity index (χ3v) is 10.3. The monoisotopic (exact) mass is 646 g/mol. The first-order chi connectivity index (χ1) is 22.4. The standard InChI is InChI=1S/C36H30N4O4S2/c1-2-44-35(41)34-31-22-17-26-13-9-10-16-30(26)33(31)37-40(34)28-18-20-29(21-19-28)46(42,43)38-36-39(23-25-11-5-3-6-12-25)32(24-45-36)27-14-7-4-8-15-27/h3-16,18-21,24H,2,17,22-23H2,1H3/b38-36+. The molecular weight excluding hydrogens is 617 g/mol. The van der Waals surface area contributed by atoms with E-state index in [0.717, 1.165) is 40.1 Å². The number of thiazole rings is 1. The first-order valence-corrected chi connectivity index (χ1v) is 17.3. The molecule has 2 heterocycles. The molecule has 0 saturated heterocycles. The minimum absolute atomic E-state index is 0.0390. The molecule has 0 spiro atoms. The second kappa shape index (κ2) is 12.4. The number of esters is 1. The number of fused-ring (bicyclic) bond motifs is 3. The fourth-order valence-electron chi connectivity index (χ4n) is 5.80. The summed E-state index contributed by atoms with van der Waals surface area (Å²) in [5.41, 5.74) is 7.53. The van der Waals surface area contributed by atoms with Crippen molar-refractivity contribution in [3.05, 3.63) is 142 Å². The quantitative estimate of drug-likeness (QED) is 0.172. The Balaban J connectivity index is 1.28. The molecule has 0 saturated carbocycles. The maximum absolute atomic E-state index is 13.7. The van der Waals surface area contributed by atoms with Crippen LogP contribution in [0.3, 0.4) is 0 Å². The Labute approximate surface area is 271 Å². The van der Waals surface area contributed by atoms with Gasteiger partial charge in [-0.05, 0) is 60.7 Å². The van der Waals surface area contributed by atoms with Gasteiger partial charge in [-0.3, -0.25) is 0 Å². The average molecular weight is 647 g/mol. The van der Waals surface area contributed by atoms with Crippen molar-refractivity contribution in [2.24, 2.45) is 4.40 Å². The van der Waals surface area contributed by atoms with E-state index in [2.05, 4.69) is 10.5 Å². The molecule has 7 rings (SSSR count). The van der Waals surface area contributed by atoms with E-state index >= 15 is 0 Å². The molecule has 10 heteroatoms. The molecule has 0 unspecified atom stereocenters. The lowest BCUT2D eigenvalue weighted by molar-refractivity contribution is 0.0514. The highest BCUT2D eigenvalue weighted by atomic mass is 32.2. The molecule has 0 amide bonds. The largest absolute Gasteiger partial charge is 0.461 e. The highest BCUT2D eigenvalue weighted by Crippen LogP contribution is 2.36. The summed E-state index contributed by atoms with van der Waals surface area (Å²) in [4.78, 5) is 13.6. The molecule has 0 N–H and O–H groups in total. The molecule has 1 aliphatic rings. The van der Waals surface area contributed by atoms with Gasteiger partial charge in [-0.15, -0.1) is 15.7 Å². The van der Waals surface area contributed by atoms with E-state index in [0.29, 0.717) is 29.1 Å². The zero-order valence-electron chi connectivity index (χ0n) is 25.0. The van der Waals surface area contributed by atoms with Gasteiger partial charge < -0.3 is 9.30 Å². The topological polar surface area (TPSA) is 95.5 Å². The van der Waals surface area contributed by atoms with Gasteiger partial charge >= 0.3 is 5.97 Å². The van der Waals surface area contributed by atoms with Gasteiger partial charge in [0.1, 0.15) is 0 Å². The van der Waals surface area contributed by atoms with Gasteiger partial charge in [0, 0.05) is 16.5 Å². The highest BCUT2D eigenvalue weighted by molar-refractivity contribution is 7.90. The minimum atomic E-state index is -4.08. The van der Waals surface area contributed by atoms with Crippen molar-refractivity contribution in [2.75, 3.05) is 6.61 Å². The number of sulfonamides is 1. The Morgan fingerprint density at radius 1 is 0.891 bits per heavy atom. The number of benzene rings is 4. The van der Waals surface area contributed by atoms with Gasteiger partial charge in [0.2, 0.25) is 4.80 Å². The lowest BCUT2D eigenvalue weighted by Gasteiger charge is -2.15. The summed E-state index contributed by atoms with van der Waals surface area (Å²) >= 11 is 1.28. The zero-order chi connectivity index (χ0) is 31.7. The van der Waals surface area contributed by atoms with E-state index in [4.69, 9.17) is 9.84 Å². The summed E-state index contributed by atoms with van der Waals surface area (Å²) in [7, 11) is -4.08. The van der Waals surface area contributed by atoms with Crippen LogP contribution >= 0.6 is 11.3 Å². The van der Waals surface area contributed by atoms with Crippen molar-refractivity contribution in [3.63, 3.8) is 0 Å². The molecule has 0 radical (unpaired) electrons. The van der Waals surface area contributed by atoms with Crippen LogP contribution in [0.2, 0.25) is 0 Å². The van der Waals surface area contributed by atoms with Crippen LogP contribution in [0.4, 0.5) is 0 Å². The number of aromatic nitrogens is 3. The molecule has 46 heavy (non-hydrogen) atoms. The van der Waals surface area contributed by atoms with Crippen molar-refractivity contribution < 1.29 is 17.9 Å². The lowest BCUT2D eigenvalue weighted by Crippen LogP contribution is -2.19. The summed E-state index contributed by atoms with van der Waals surface area (Å²) < 4.78 is 40.6. The zero-order valence-corrected chi connectivity index (χ0v) is 26.7. The second-order valence-electron chi connectivity index (χ2n) is 10.9. The summed E-state index contributed by atoms with van der Waals surface area (Å²) in [6.07, 6.45) is 1.44. The number of hydrogen-bond donors (Lipinski definition) is 0. The first kappa shape index (κ1) is 29.6. The van der Waals surface area contributed by atoms with Crippen LogP contribution in [-0.2, 0) is 34.1 Å². The normalized spacial score (nSPS) is 12.8. The maximum atomic E-state index is 13.7. The molecule has 1 aliphatic carbocycles. The number of nitrogens with zero attached hydrogens (tertiary/aromatic N) is 4. The predicted molar refractivity (Wildman–Crippen MR) is 178 cm³/mol. The number of ether oxygens (including phenoxy) is 1. The Kier molecular flexibility index (Phi) is 7.98. The summed E-state index contributed by atoms with van der Waals surface area (Å²) in [5, 5.41) is 6.78. The van der Waals surface area contributed by atoms with Gasteiger partial charge in [0.15, 0.2) is 5.69 Å². The molecule has 0 atom stereocenters. The predicted octanol–water partition coefficient (Wildman–Crippen LogP) is 6.68. The SMILES string of the molecule is CCOC(=O)c1c2c(nn1-c1ccc(S(=O)(=O)/N=c3/scc(-c4ccccc4)n3Cc3ccccc3)cc1)-c1ccccc1CC2. The Bertz CT molecular complexity index is 2220. The van der Waals surface area contributed by atoms with Crippen LogP contribution in [0.1, 0.15) is 34.1 Å². The molecule has 6 aromatic rings. The van der Waals surface area contributed by atoms with Crippen molar-refractivity contribution in [2.45, 2.75) is 31.2 Å². The van der Waals surface area contributed by atoms with E-state index < -0.39 is 16.0 Å². The van der Waals surface area contributed by atoms with E-state index in [9.17, 15) is 13.2 Å². The summed E-state index contributed by atoms with van der Waals surface area (Å²) in [5.74, 6) is -0.461. The fraction of sp³-hybridized carbons (Fsp3) is 0.139. The van der Waals surface area contributed by atoms with Crippen molar-refractivity contribution in [3.8, 4) is 28.2 Å². The number of hydrogen-bond acceptors (Lipinski definition) is 6. The lowest BCUT2D eigenvalue weighted by atomic mass is 9.89. The third-order valence-electron chi connectivity index (χ3n) is 8.00. The van der Waals surface area contributed by atoms with Crippen LogP contribution in [-0.4, -0.2) is 35.3 Å². The van der Waals surface area contributed by atoms with Crippen LogP contribution in [0.25, 0.3) is 28.2 Å². The van der Waals surface area contributed by atoms with Gasteiger partial charge in [-0.25, -0.2) is 9.48 Å². The second-order valence-corrected chi connectivity index (χ2v) is 13.3. The third kappa shape index (κ3) is 5.61. The van der Waals surface area contributed by atoms with E-state index in [-0.39, 0.29) is 11.5 Å². The van der Waals surface area contributed by atoms with E-state index in [1.165, 1.54) is 29.0 Å². The van der Waals surface area contributed by atoms with Gasteiger partial charge in [-0.1, -0.05) is 84.9 Å². The van der Waals surface area contributed by atoms with Crippen molar-refractivity contribution in [1.82, 2.24) is 14.3 Å². The van der Waals surface area contributed by atoms with Crippen LogP contribution < -0.4 is 4.80 Å². The average Bonchev–Trinajstić information content (AvgIpc) is 3.67. The first-order valence-electron chi connectivity index (χ1n) is 15.0. The van der Waals surface area contributed by atoms with Gasteiger partial charge in [0.25, 0.3) is 10.0 Å². The maximum Gasteiger partial charge on any atom is 0.357 e. The molecule has 0 fully saturated rings. The van der Waals surface area contributed by atoms with Crippen molar-refractivity contribution >= 4 is 27.3 Å². The van der Waals surface area contributed by atoms with Crippen molar-refractivity contribution in [1.29, 1.82) is 0 Å². The fourth-order valence-corrected chi connectivity index (χ4v) is 7.93. The number of rotatable bonds is 8. The highest BCUT2D eigenvalue weighted by Gasteiger charge is 2.30. The summed E-state index contributed by atoms with van der Waals surface area (Å²) in [6.45, 7) is 2.46. The minimum Gasteiger partial charge on any atom is -0.461 e. The van der Waals surface area contributed by atoms with Gasteiger partial charge in [-0.2, -0.15) is 13.5 Å². The molecule has 2 aromatic heterocycles. The van der Waals surface area contributed by atoms with Crippen LogP contribution in [0.15, 0.2) is 124 Å². The summed E-state index contributed by atoms with van der Waals surface area (Å²) in [6, 6.07) is 34.1. The van der Waals surface area contributed by atoms with E-state index in [1.807, 2.05) is 88.8 Å².